The van der Waals surface area contributed by atoms with Crippen LogP contribution in [-0.4, -0.2) is 57.7 Å². The van der Waals surface area contributed by atoms with Crippen molar-refractivity contribution in [2.24, 2.45) is 0 Å². The summed E-state index contributed by atoms with van der Waals surface area (Å²) in [6, 6.07) is 0. The van der Waals surface area contributed by atoms with Crippen LogP contribution < -0.4 is 9.79 Å². The van der Waals surface area contributed by atoms with Crippen LogP contribution in [0.2, 0.25) is 0 Å². The molecule has 0 spiro atoms. The number of phosphoric ester groups is 1. The van der Waals surface area contributed by atoms with E-state index in [0.717, 1.165) is 0 Å². The van der Waals surface area contributed by atoms with E-state index in [1.54, 1.807) is 0 Å². The largest absolute Gasteiger partial charge is 0.790 e. The Hall–Kier alpha value is -0.380. The van der Waals surface area contributed by atoms with Gasteiger partial charge in [-0.15, -0.1) is 0 Å². The van der Waals surface area contributed by atoms with Crippen LogP contribution in [0.1, 0.15) is 0 Å². The lowest BCUT2D eigenvalue weighted by molar-refractivity contribution is -0.341. The number of hydrogen-bond acceptors (Lipinski definition) is 9. The molecular weight excluding hydrogens is 247 g/mol. The van der Waals surface area contributed by atoms with Crippen molar-refractivity contribution in [3.05, 3.63) is 0 Å². The fourth-order valence-corrected chi connectivity index (χ4v) is 1.02. The first-order valence-corrected chi connectivity index (χ1v) is 5.49. The van der Waals surface area contributed by atoms with Crippen LogP contribution in [0.25, 0.3) is 0 Å². The van der Waals surface area contributed by atoms with Gasteiger partial charge in [0.2, 0.25) is 0 Å². The quantitative estimate of drug-likeness (QED) is 0.328. The number of hydrogen-bond donors (Lipinski definition) is 4. The topological polar surface area (TPSA) is 170 Å². The molecule has 16 heavy (non-hydrogen) atoms. The lowest BCUT2D eigenvalue weighted by Gasteiger charge is -2.29. The molecule has 0 aliphatic carbocycles. The van der Waals surface area contributed by atoms with E-state index in [-0.39, 0.29) is 0 Å². The SMILES string of the molecule is O=C(COP(=O)([O-])[O-])C(O)C(O)[C@H](O)CO. The highest BCUT2D eigenvalue weighted by Gasteiger charge is 2.29. The van der Waals surface area contributed by atoms with Gasteiger partial charge in [-0.1, -0.05) is 0 Å². The van der Waals surface area contributed by atoms with Crippen LogP contribution in [0.4, 0.5) is 0 Å². The third-order valence-electron chi connectivity index (χ3n) is 1.60. The molecule has 0 aliphatic rings. The zero-order valence-electron chi connectivity index (χ0n) is 7.92. The fraction of sp³-hybridized carbons (Fsp3) is 0.833. The summed E-state index contributed by atoms with van der Waals surface area (Å²) in [6.45, 7) is -2.16. The summed E-state index contributed by atoms with van der Waals surface area (Å²) in [6.07, 6.45) is -5.93. The molecule has 0 heterocycles. The number of ketones is 1. The summed E-state index contributed by atoms with van der Waals surface area (Å²) >= 11 is 0. The van der Waals surface area contributed by atoms with Gasteiger partial charge in [0, 0.05) is 0 Å². The van der Waals surface area contributed by atoms with Crippen LogP contribution in [0.3, 0.4) is 0 Å². The van der Waals surface area contributed by atoms with Crippen molar-refractivity contribution in [3.63, 3.8) is 0 Å². The molecule has 2 unspecified atom stereocenters. The van der Waals surface area contributed by atoms with E-state index in [4.69, 9.17) is 20.4 Å². The lowest BCUT2D eigenvalue weighted by atomic mass is 10.1. The van der Waals surface area contributed by atoms with Gasteiger partial charge in [0.15, 0.2) is 5.78 Å². The second-order valence-electron chi connectivity index (χ2n) is 2.87. The molecule has 4 N–H and O–H groups in total. The molecule has 0 aliphatic heterocycles. The fourth-order valence-electron chi connectivity index (χ4n) is 0.737. The highest BCUT2D eigenvalue weighted by atomic mass is 31.2. The minimum atomic E-state index is -5.35. The predicted molar refractivity (Wildman–Crippen MR) is 43.7 cm³/mol. The van der Waals surface area contributed by atoms with Gasteiger partial charge in [0.1, 0.15) is 24.9 Å². The number of phosphoric acid groups is 1. The van der Waals surface area contributed by atoms with Crippen molar-refractivity contribution in [2.45, 2.75) is 18.3 Å². The number of aliphatic hydroxyl groups excluding tert-OH is 4. The Morgan fingerprint density at radius 2 is 1.81 bits per heavy atom. The molecule has 0 radical (unpaired) electrons. The van der Waals surface area contributed by atoms with Gasteiger partial charge < -0.3 is 39.3 Å². The minimum Gasteiger partial charge on any atom is -0.790 e. The monoisotopic (exact) mass is 258 g/mol. The summed E-state index contributed by atoms with van der Waals surface area (Å²) < 4.78 is 13.5. The van der Waals surface area contributed by atoms with Crippen molar-refractivity contribution in [1.29, 1.82) is 0 Å². The van der Waals surface area contributed by atoms with Gasteiger partial charge in [-0.3, -0.25) is 4.79 Å². The molecule has 9 nitrogen and oxygen atoms in total. The number of carbonyl (C=O) groups excluding carboxylic acids is 1. The Balaban J connectivity index is 4.23. The molecule has 0 rings (SSSR count). The maximum absolute atomic E-state index is 10.9. The van der Waals surface area contributed by atoms with Crippen LogP contribution >= 0.6 is 7.82 Å². The zero-order chi connectivity index (χ0) is 12.9. The molecule has 0 saturated carbocycles. The summed E-state index contributed by atoms with van der Waals surface area (Å²) in [4.78, 5) is 30.9. The number of aliphatic hydroxyl groups is 4. The molecular formula is C6H11O9P-2. The standard InChI is InChI=1S/C6H13O9P/c7-1-3(8)5(10)6(11)4(9)2-15-16(12,13)14/h3,5-8,10-11H,1-2H2,(H2,12,13,14)/p-2/t3-,5?,6?/m1/s1. The van der Waals surface area contributed by atoms with E-state index in [9.17, 15) is 19.1 Å². The molecule has 0 amide bonds. The smallest absolute Gasteiger partial charge is 0.189 e. The summed E-state index contributed by atoms with van der Waals surface area (Å²) in [5.41, 5.74) is 0. The highest BCUT2D eigenvalue weighted by molar-refractivity contribution is 7.43. The number of carbonyl (C=O) groups is 1. The Labute approximate surface area is 90.2 Å². The molecule has 0 aromatic carbocycles. The van der Waals surface area contributed by atoms with Crippen molar-refractivity contribution in [1.82, 2.24) is 0 Å². The van der Waals surface area contributed by atoms with E-state index >= 15 is 0 Å². The Morgan fingerprint density at radius 1 is 1.31 bits per heavy atom. The third kappa shape index (κ3) is 5.64. The molecule has 96 valence electrons. The van der Waals surface area contributed by atoms with Crippen LogP contribution in [0.15, 0.2) is 0 Å². The summed E-state index contributed by atoms with van der Waals surface area (Å²) in [5, 5.41) is 35.3. The predicted octanol–water partition coefficient (Wildman–Crippen LogP) is -4.52. The van der Waals surface area contributed by atoms with Gasteiger partial charge in [-0.25, -0.2) is 0 Å². The Morgan fingerprint density at radius 3 is 2.19 bits per heavy atom. The van der Waals surface area contributed by atoms with Gasteiger partial charge >= 0.3 is 0 Å². The molecule has 0 aromatic heterocycles. The van der Waals surface area contributed by atoms with E-state index < -0.39 is 45.1 Å². The van der Waals surface area contributed by atoms with E-state index in [1.165, 1.54) is 0 Å². The van der Waals surface area contributed by atoms with Crippen molar-refractivity contribution in [2.75, 3.05) is 13.2 Å². The van der Waals surface area contributed by atoms with E-state index in [1.807, 2.05) is 0 Å². The second kappa shape index (κ2) is 6.38. The second-order valence-corrected chi connectivity index (χ2v) is 4.02. The molecule has 10 heteroatoms. The Kier molecular flexibility index (Phi) is 6.23. The van der Waals surface area contributed by atoms with E-state index in [2.05, 4.69) is 4.52 Å². The van der Waals surface area contributed by atoms with E-state index in [0.29, 0.717) is 0 Å². The first kappa shape index (κ1) is 15.6. The molecule has 0 fully saturated rings. The van der Waals surface area contributed by atoms with Gasteiger partial charge in [0.05, 0.1) is 14.4 Å². The summed E-state index contributed by atoms with van der Waals surface area (Å²) in [5.74, 6) is -1.31. The maximum Gasteiger partial charge on any atom is 0.189 e. The minimum absolute atomic E-state index is 0.909. The zero-order valence-corrected chi connectivity index (χ0v) is 8.82. The first-order valence-electron chi connectivity index (χ1n) is 4.03. The van der Waals surface area contributed by atoms with Crippen LogP contribution in [-0.2, 0) is 13.9 Å². The third-order valence-corrected chi connectivity index (χ3v) is 2.04. The Bertz CT molecular complexity index is 273. The normalized spacial score (nSPS) is 17.9. The summed E-state index contributed by atoms with van der Waals surface area (Å²) in [7, 11) is -5.35. The molecule has 0 saturated heterocycles. The molecule has 3 atom stereocenters. The highest BCUT2D eigenvalue weighted by Crippen LogP contribution is 2.24. The first-order chi connectivity index (χ1) is 7.19. The van der Waals surface area contributed by atoms with Crippen LogP contribution in [0.5, 0.6) is 0 Å². The lowest BCUT2D eigenvalue weighted by Crippen LogP contribution is -2.45. The van der Waals surface area contributed by atoms with Crippen molar-refractivity contribution in [3.8, 4) is 0 Å². The van der Waals surface area contributed by atoms with Crippen LogP contribution in [0, 0.1) is 0 Å². The number of rotatable bonds is 7. The van der Waals surface area contributed by atoms with Gasteiger partial charge in [0.25, 0.3) is 0 Å². The van der Waals surface area contributed by atoms with Crippen molar-refractivity contribution >= 4 is 13.6 Å². The van der Waals surface area contributed by atoms with Crippen molar-refractivity contribution < 1.29 is 44.1 Å². The molecule has 0 aromatic rings. The average molecular weight is 258 g/mol. The average Bonchev–Trinajstić information content (AvgIpc) is 2.21. The molecule has 0 bridgehead atoms. The number of Topliss-reactive ketones (excluding diaryl/α,β-unsaturated/α-hetero) is 1. The van der Waals surface area contributed by atoms with Gasteiger partial charge in [-0.05, 0) is 0 Å². The maximum atomic E-state index is 10.9. The van der Waals surface area contributed by atoms with Gasteiger partial charge in [-0.2, -0.15) is 0 Å².